The highest BCUT2D eigenvalue weighted by Gasteiger charge is 2.14. The molecular weight excluding hydrogens is 300 g/mol. The Morgan fingerprint density at radius 3 is 2.48 bits per heavy atom. The van der Waals surface area contributed by atoms with Crippen molar-refractivity contribution in [1.29, 1.82) is 0 Å². The molecule has 2 N–H and O–H groups in total. The van der Waals surface area contributed by atoms with Crippen molar-refractivity contribution in [2.75, 3.05) is 6.61 Å². The number of ether oxygens (including phenoxy) is 2. The first kappa shape index (κ1) is 14.8. The standard InChI is InChI=1S/C17H14O6/c1-2-21-11-3-5-12(6-4-11)23-15-9-22-14-8-10(18)7-13(19)16(14)17(15)20/h3-9,18-19H,2H2,1H3. The van der Waals surface area contributed by atoms with Gasteiger partial charge in [0.1, 0.15) is 40.2 Å². The lowest BCUT2D eigenvalue weighted by Crippen LogP contribution is -2.05. The molecule has 0 fully saturated rings. The van der Waals surface area contributed by atoms with Crippen LogP contribution in [-0.4, -0.2) is 16.8 Å². The molecule has 0 unspecified atom stereocenters. The van der Waals surface area contributed by atoms with Gasteiger partial charge in [0.15, 0.2) is 0 Å². The number of phenols is 2. The van der Waals surface area contributed by atoms with Crippen molar-refractivity contribution >= 4 is 11.0 Å². The van der Waals surface area contributed by atoms with Gasteiger partial charge >= 0.3 is 0 Å². The molecule has 3 aromatic rings. The molecule has 0 spiro atoms. The van der Waals surface area contributed by atoms with Crippen molar-refractivity contribution < 1.29 is 24.1 Å². The first-order valence-corrected chi connectivity index (χ1v) is 6.96. The Morgan fingerprint density at radius 1 is 1.09 bits per heavy atom. The zero-order valence-corrected chi connectivity index (χ0v) is 12.3. The SMILES string of the molecule is CCOc1ccc(Oc2coc3cc(O)cc(O)c3c2=O)cc1. The van der Waals surface area contributed by atoms with Crippen LogP contribution in [0.4, 0.5) is 0 Å². The molecule has 23 heavy (non-hydrogen) atoms. The van der Waals surface area contributed by atoms with Gasteiger partial charge in [-0.1, -0.05) is 0 Å². The van der Waals surface area contributed by atoms with Crippen LogP contribution < -0.4 is 14.9 Å². The van der Waals surface area contributed by atoms with Crippen LogP contribution in [0, 0.1) is 0 Å². The third-order valence-electron chi connectivity index (χ3n) is 3.17. The number of rotatable bonds is 4. The molecule has 0 aliphatic rings. The molecule has 0 saturated heterocycles. The van der Waals surface area contributed by atoms with Gasteiger partial charge in [-0.15, -0.1) is 0 Å². The summed E-state index contributed by atoms with van der Waals surface area (Å²) in [5.74, 6) is 0.490. The van der Waals surface area contributed by atoms with E-state index in [0.29, 0.717) is 18.1 Å². The fourth-order valence-electron chi connectivity index (χ4n) is 2.17. The summed E-state index contributed by atoms with van der Waals surface area (Å²) in [6.45, 7) is 2.44. The van der Waals surface area contributed by atoms with Gasteiger partial charge in [-0.25, -0.2) is 0 Å². The van der Waals surface area contributed by atoms with Crippen molar-refractivity contribution in [3.8, 4) is 28.7 Å². The molecule has 0 aliphatic heterocycles. The molecule has 1 heterocycles. The number of hydrogen-bond acceptors (Lipinski definition) is 6. The van der Waals surface area contributed by atoms with E-state index in [0.717, 1.165) is 12.3 Å². The highest BCUT2D eigenvalue weighted by atomic mass is 16.5. The quantitative estimate of drug-likeness (QED) is 0.767. The zero-order chi connectivity index (χ0) is 16.4. The Hall–Kier alpha value is -3.15. The van der Waals surface area contributed by atoms with Crippen LogP contribution in [0.5, 0.6) is 28.7 Å². The van der Waals surface area contributed by atoms with Crippen LogP contribution in [0.1, 0.15) is 6.92 Å². The van der Waals surface area contributed by atoms with Crippen LogP contribution in [0.25, 0.3) is 11.0 Å². The van der Waals surface area contributed by atoms with Gasteiger partial charge in [0, 0.05) is 12.1 Å². The largest absolute Gasteiger partial charge is 0.508 e. The molecule has 0 amide bonds. The monoisotopic (exact) mass is 314 g/mol. The molecule has 118 valence electrons. The molecule has 6 heteroatoms. The first-order valence-electron chi connectivity index (χ1n) is 6.96. The minimum atomic E-state index is -0.530. The summed E-state index contributed by atoms with van der Waals surface area (Å²) in [5, 5.41) is 19.2. The van der Waals surface area contributed by atoms with Gasteiger partial charge < -0.3 is 24.1 Å². The predicted octanol–water partition coefficient (Wildman–Crippen LogP) is 3.40. The number of hydrogen-bond donors (Lipinski definition) is 2. The maximum Gasteiger partial charge on any atom is 0.238 e. The zero-order valence-electron chi connectivity index (χ0n) is 12.3. The molecule has 6 nitrogen and oxygen atoms in total. The van der Waals surface area contributed by atoms with E-state index in [-0.39, 0.29) is 28.2 Å². The van der Waals surface area contributed by atoms with Gasteiger partial charge in [-0.05, 0) is 31.2 Å². The number of aromatic hydroxyl groups is 2. The van der Waals surface area contributed by atoms with Gasteiger partial charge in [0.05, 0.1) is 6.61 Å². The van der Waals surface area contributed by atoms with E-state index >= 15 is 0 Å². The second-order valence-corrected chi connectivity index (χ2v) is 4.77. The Kier molecular flexibility index (Phi) is 3.80. The van der Waals surface area contributed by atoms with Crippen molar-refractivity contribution in [3.05, 3.63) is 52.9 Å². The summed E-state index contributed by atoms with van der Waals surface area (Å²) in [7, 11) is 0. The summed E-state index contributed by atoms with van der Waals surface area (Å²) in [6.07, 6.45) is 1.14. The van der Waals surface area contributed by atoms with E-state index < -0.39 is 5.43 Å². The molecule has 2 aromatic carbocycles. The Labute approximate surface area is 131 Å². The lowest BCUT2D eigenvalue weighted by molar-refractivity contribution is 0.339. The minimum absolute atomic E-state index is 0.0498. The van der Waals surface area contributed by atoms with E-state index in [1.165, 1.54) is 6.07 Å². The second kappa shape index (κ2) is 5.92. The molecule has 0 atom stereocenters. The third-order valence-corrected chi connectivity index (χ3v) is 3.17. The fraction of sp³-hybridized carbons (Fsp3) is 0.118. The van der Waals surface area contributed by atoms with E-state index in [1.807, 2.05) is 6.92 Å². The smallest absolute Gasteiger partial charge is 0.238 e. The molecule has 1 aromatic heterocycles. The van der Waals surface area contributed by atoms with Gasteiger partial charge in [-0.2, -0.15) is 0 Å². The number of phenolic OH excluding ortho intramolecular Hbond substituents is 2. The lowest BCUT2D eigenvalue weighted by Gasteiger charge is -2.08. The normalized spacial score (nSPS) is 10.7. The topological polar surface area (TPSA) is 89.1 Å². The lowest BCUT2D eigenvalue weighted by atomic mass is 10.2. The number of benzene rings is 2. The summed E-state index contributed by atoms with van der Waals surface area (Å²) in [6, 6.07) is 9.07. The van der Waals surface area contributed by atoms with Crippen molar-refractivity contribution in [2.45, 2.75) is 6.92 Å². The maximum atomic E-state index is 12.4. The van der Waals surface area contributed by atoms with Gasteiger partial charge in [0.2, 0.25) is 11.2 Å². The average Bonchev–Trinajstić information content (AvgIpc) is 2.51. The Morgan fingerprint density at radius 2 is 1.78 bits per heavy atom. The van der Waals surface area contributed by atoms with Crippen molar-refractivity contribution in [1.82, 2.24) is 0 Å². The minimum Gasteiger partial charge on any atom is -0.508 e. The molecule has 3 rings (SSSR count). The molecule has 0 saturated carbocycles. The van der Waals surface area contributed by atoms with E-state index in [9.17, 15) is 15.0 Å². The van der Waals surface area contributed by atoms with Crippen LogP contribution in [0.15, 0.2) is 51.9 Å². The van der Waals surface area contributed by atoms with E-state index in [1.54, 1.807) is 24.3 Å². The van der Waals surface area contributed by atoms with Crippen molar-refractivity contribution in [3.63, 3.8) is 0 Å². The second-order valence-electron chi connectivity index (χ2n) is 4.77. The highest BCUT2D eigenvalue weighted by molar-refractivity contribution is 5.85. The van der Waals surface area contributed by atoms with Gasteiger partial charge in [0.25, 0.3) is 0 Å². The highest BCUT2D eigenvalue weighted by Crippen LogP contribution is 2.30. The Bertz CT molecular complexity index is 895. The van der Waals surface area contributed by atoms with Gasteiger partial charge in [-0.3, -0.25) is 4.79 Å². The maximum absolute atomic E-state index is 12.4. The Balaban J connectivity index is 1.97. The van der Waals surface area contributed by atoms with Crippen LogP contribution >= 0.6 is 0 Å². The average molecular weight is 314 g/mol. The summed E-state index contributed by atoms with van der Waals surface area (Å²) >= 11 is 0. The van der Waals surface area contributed by atoms with E-state index in [2.05, 4.69) is 0 Å². The summed E-state index contributed by atoms with van der Waals surface area (Å²) in [5.41, 5.74) is -0.454. The van der Waals surface area contributed by atoms with Crippen LogP contribution in [-0.2, 0) is 0 Å². The predicted molar refractivity (Wildman–Crippen MR) is 83.5 cm³/mol. The number of fused-ring (bicyclic) bond motifs is 1. The molecule has 0 bridgehead atoms. The molecule has 0 aliphatic carbocycles. The van der Waals surface area contributed by atoms with Crippen LogP contribution in [0.2, 0.25) is 0 Å². The van der Waals surface area contributed by atoms with Crippen LogP contribution in [0.3, 0.4) is 0 Å². The first-order chi connectivity index (χ1) is 11.1. The van der Waals surface area contributed by atoms with Crippen molar-refractivity contribution in [2.24, 2.45) is 0 Å². The van der Waals surface area contributed by atoms with E-state index in [4.69, 9.17) is 13.9 Å². The molecular formula is C17H14O6. The summed E-state index contributed by atoms with van der Waals surface area (Å²) in [4.78, 5) is 12.4. The molecule has 0 radical (unpaired) electrons. The summed E-state index contributed by atoms with van der Waals surface area (Å²) < 4.78 is 16.1. The third kappa shape index (κ3) is 2.91. The fourth-order valence-corrected chi connectivity index (χ4v) is 2.17.